The highest BCUT2D eigenvalue weighted by atomic mass is 16.2. The van der Waals surface area contributed by atoms with Gasteiger partial charge in [0.15, 0.2) is 0 Å². The first-order chi connectivity index (χ1) is 15.3. The van der Waals surface area contributed by atoms with Crippen LogP contribution < -0.4 is 0 Å². The summed E-state index contributed by atoms with van der Waals surface area (Å²) in [6, 6.07) is 23.5. The van der Waals surface area contributed by atoms with Crippen molar-refractivity contribution < 1.29 is 4.79 Å². The van der Waals surface area contributed by atoms with E-state index in [4.69, 9.17) is 5.10 Å². The lowest BCUT2D eigenvalue weighted by atomic mass is 9.87. The molecule has 2 fully saturated rings. The van der Waals surface area contributed by atoms with Crippen LogP contribution in [-0.2, 0) is 4.79 Å². The van der Waals surface area contributed by atoms with E-state index in [0.29, 0.717) is 11.9 Å². The highest BCUT2D eigenvalue weighted by Gasteiger charge is 2.30. The maximum Gasteiger partial charge on any atom is 0.225 e. The summed E-state index contributed by atoms with van der Waals surface area (Å²) in [6.07, 6.45) is 7.80. The minimum Gasteiger partial charge on any atom is -0.342 e. The van der Waals surface area contributed by atoms with Crippen LogP contribution in [0.3, 0.4) is 0 Å². The zero-order chi connectivity index (χ0) is 21.0. The number of carbonyl (C=O) groups excluding carboxylic acids is 1. The molecule has 2 aromatic carbocycles. The number of nitrogens with zero attached hydrogens (tertiary/aromatic N) is 3. The summed E-state index contributed by atoms with van der Waals surface area (Å²) in [5, 5.41) is 5.05. The quantitative estimate of drug-likeness (QED) is 0.529. The van der Waals surface area contributed by atoms with Crippen molar-refractivity contribution in [3.8, 4) is 22.5 Å². The second kappa shape index (κ2) is 9.09. The Labute approximate surface area is 184 Å². The van der Waals surface area contributed by atoms with Crippen LogP contribution in [0.5, 0.6) is 0 Å². The molecule has 1 aliphatic heterocycles. The molecule has 0 atom stereocenters. The van der Waals surface area contributed by atoms with Gasteiger partial charge in [-0.15, -0.1) is 0 Å². The van der Waals surface area contributed by atoms with Crippen LogP contribution in [0.2, 0.25) is 0 Å². The van der Waals surface area contributed by atoms with Crippen molar-refractivity contribution in [2.24, 2.45) is 5.92 Å². The zero-order valence-corrected chi connectivity index (χ0v) is 18.1. The topological polar surface area (TPSA) is 38.1 Å². The molecule has 1 aliphatic carbocycles. The van der Waals surface area contributed by atoms with Gasteiger partial charge in [-0.2, -0.15) is 5.10 Å². The first-order valence-electron chi connectivity index (χ1n) is 11.8. The molecule has 160 valence electrons. The summed E-state index contributed by atoms with van der Waals surface area (Å²) < 4.78 is 2.22. The number of amides is 1. The van der Waals surface area contributed by atoms with Crippen LogP contribution in [-0.4, -0.2) is 33.7 Å². The second-order valence-corrected chi connectivity index (χ2v) is 8.98. The Morgan fingerprint density at radius 3 is 2.03 bits per heavy atom. The number of hydrogen-bond donors (Lipinski definition) is 0. The van der Waals surface area contributed by atoms with Crippen molar-refractivity contribution in [2.45, 2.75) is 51.0 Å². The van der Waals surface area contributed by atoms with Crippen molar-refractivity contribution in [1.82, 2.24) is 14.7 Å². The van der Waals surface area contributed by atoms with E-state index >= 15 is 0 Å². The number of rotatable bonds is 4. The third kappa shape index (κ3) is 4.30. The molecule has 2 heterocycles. The van der Waals surface area contributed by atoms with Gasteiger partial charge in [-0.05, 0) is 37.3 Å². The number of hydrogen-bond acceptors (Lipinski definition) is 2. The van der Waals surface area contributed by atoms with E-state index in [-0.39, 0.29) is 5.92 Å². The Balaban J connectivity index is 1.37. The lowest BCUT2D eigenvalue weighted by Gasteiger charge is -2.35. The SMILES string of the molecule is O=C(C1CCCCC1)N1CCC(n2nc(-c3ccccc3)cc2-c2ccccc2)CC1. The molecule has 1 saturated heterocycles. The fourth-order valence-corrected chi connectivity index (χ4v) is 5.19. The number of likely N-dealkylation sites (tertiary alicyclic amines) is 1. The average Bonchev–Trinajstić information content (AvgIpc) is 3.31. The third-order valence-electron chi connectivity index (χ3n) is 6.95. The van der Waals surface area contributed by atoms with Gasteiger partial charge in [-0.25, -0.2) is 0 Å². The van der Waals surface area contributed by atoms with E-state index in [0.717, 1.165) is 55.7 Å². The largest absolute Gasteiger partial charge is 0.342 e. The number of piperidine rings is 1. The van der Waals surface area contributed by atoms with Gasteiger partial charge in [0.1, 0.15) is 0 Å². The summed E-state index contributed by atoms with van der Waals surface area (Å²) in [4.78, 5) is 15.1. The van der Waals surface area contributed by atoms with Crippen LogP contribution >= 0.6 is 0 Å². The lowest BCUT2D eigenvalue weighted by molar-refractivity contribution is -0.137. The van der Waals surface area contributed by atoms with Crippen LogP contribution in [0.15, 0.2) is 66.7 Å². The fraction of sp³-hybridized carbons (Fsp3) is 0.407. The Bertz CT molecular complexity index is 997. The summed E-state index contributed by atoms with van der Waals surface area (Å²) in [7, 11) is 0. The number of aromatic nitrogens is 2. The van der Waals surface area contributed by atoms with Crippen molar-refractivity contribution in [3.63, 3.8) is 0 Å². The van der Waals surface area contributed by atoms with E-state index in [1.54, 1.807) is 0 Å². The summed E-state index contributed by atoms with van der Waals surface area (Å²) in [5.41, 5.74) is 4.51. The molecule has 5 rings (SSSR count). The molecule has 1 aromatic heterocycles. The Hall–Kier alpha value is -2.88. The second-order valence-electron chi connectivity index (χ2n) is 8.98. The van der Waals surface area contributed by atoms with Gasteiger partial charge in [0.25, 0.3) is 0 Å². The summed E-state index contributed by atoms with van der Waals surface area (Å²) in [5.74, 6) is 0.659. The molecule has 3 aromatic rings. The minimum absolute atomic E-state index is 0.263. The van der Waals surface area contributed by atoms with Crippen LogP contribution in [0.4, 0.5) is 0 Å². The van der Waals surface area contributed by atoms with Gasteiger partial charge in [-0.3, -0.25) is 9.48 Å². The zero-order valence-electron chi connectivity index (χ0n) is 18.1. The summed E-state index contributed by atoms with van der Waals surface area (Å²) in [6.45, 7) is 1.68. The Morgan fingerprint density at radius 1 is 0.774 bits per heavy atom. The highest BCUT2D eigenvalue weighted by molar-refractivity contribution is 5.79. The smallest absolute Gasteiger partial charge is 0.225 e. The minimum atomic E-state index is 0.263. The molecule has 1 saturated carbocycles. The molecule has 4 heteroatoms. The normalized spacial score (nSPS) is 18.3. The molecular formula is C27H31N3O. The van der Waals surface area contributed by atoms with Crippen molar-refractivity contribution in [2.75, 3.05) is 13.1 Å². The van der Waals surface area contributed by atoms with E-state index in [1.807, 2.05) is 6.07 Å². The molecule has 0 bridgehead atoms. The third-order valence-corrected chi connectivity index (χ3v) is 6.95. The van der Waals surface area contributed by atoms with Gasteiger partial charge < -0.3 is 4.90 Å². The molecule has 0 unspecified atom stereocenters. The Kier molecular flexibility index (Phi) is 5.88. The maximum absolute atomic E-state index is 13.0. The molecular weight excluding hydrogens is 382 g/mol. The van der Waals surface area contributed by atoms with Crippen molar-refractivity contribution >= 4 is 5.91 Å². The number of carbonyl (C=O) groups is 1. The molecule has 2 aliphatic rings. The molecule has 0 N–H and O–H groups in total. The van der Waals surface area contributed by atoms with Crippen molar-refractivity contribution in [3.05, 3.63) is 66.7 Å². The van der Waals surface area contributed by atoms with E-state index < -0.39 is 0 Å². The Morgan fingerprint density at radius 2 is 1.39 bits per heavy atom. The van der Waals surface area contributed by atoms with Gasteiger partial charge in [0, 0.05) is 24.6 Å². The maximum atomic E-state index is 13.0. The molecule has 4 nitrogen and oxygen atoms in total. The highest BCUT2D eigenvalue weighted by Crippen LogP contribution is 2.33. The molecule has 31 heavy (non-hydrogen) atoms. The molecule has 1 amide bonds. The average molecular weight is 414 g/mol. The van der Waals surface area contributed by atoms with Gasteiger partial charge in [0.2, 0.25) is 5.91 Å². The van der Waals surface area contributed by atoms with Gasteiger partial charge in [0.05, 0.1) is 17.4 Å². The van der Waals surface area contributed by atoms with Crippen LogP contribution in [0, 0.1) is 5.92 Å². The van der Waals surface area contributed by atoms with Gasteiger partial charge in [-0.1, -0.05) is 79.9 Å². The summed E-state index contributed by atoms with van der Waals surface area (Å²) >= 11 is 0. The monoisotopic (exact) mass is 413 g/mol. The van der Waals surface area contributed by atoms with Crippen molar-refractivity contribution in [1.29, 1.82) is 0 Å². The standard InChI is InChI=1S/C27H31N3O/c31-27(23-14-8-3-9-15-23)29-18-16-24(17-19-29)30-26(22-12-6-2-7-13-22)20-25(28-30)21-10-4-1-5-11-21/h1-2,4-7,10-13,20,23-24H,3,8-9,14-19H2. The first-order valence-corrected chi connectivity index (χ1v) is 11.8. The molecule has 0 spiro atoms. The van der Waals surface area contributed by atoms with Crippen LogP contribution in [0.25, 0.3) is 22.5 Å². The lowest BCUT2D eigenvalue weighted by Crippen LogP contribution is -2.42. The number of benzene rings is 2. The predicted octanol–water partition coefficient (Wildman–Crippen LogP) is 5.96. The van der Waals surface area contributed by atoms with E-state index in [2.05, 4.69) is 70.2 Å². The molecule has 0 radical (unpaired) electrons. The predicted molar refractivity (Wildman–Crippen MR) is 125 cm³/mol. The van der Waals surface area contributed by atoms with Gasteiger partial charge >= 0.3 is 0 Å². The first kappa shape index (κ1) is 20.0. The van der Waals surface area contributed by atoms with E-state index in [1.165, 1.54) is 24.8 Å². The van der Waals surface area contributed by atoms with E-state index in [9.17, 15) is 4.79 Å². The van der Waals surface area contributed by atoms with Crippen LogP contribution in [0.1, 0.15) is 51.0 Å². The fourth-order valence-electron chi connectivity index (χ4n) is 5.19.